The summed E-state index contributed by atoms with van der Waals surface area (Å²) in [6.45, 7) is 1.83. The van der Waals surface area contributed by atoms with Crippen LogP contribution in [0.5, 0.6) is 0 Å². The predicted molar refractivity (Wildman–Crippen MR) is 82.1 cm³/mol. The SMILES string of the molecule is Cc1nc2ccc(CC(=O)NC3CCCCCC3)cc2o1. The summed E-state index contributed by atoms with van der Waals surface area (Å²) < 4.78 is 5.51. The first kappa shape index (κ1) is 14.1. The molecule has 1 aromatic carbocycles. The number of carbonyl (C=O) groups excluding carboxylic acids is 1. The van der Waals surface area contributed by atoms with Crippen molar-refractivity contribution in [1.29, 1.82) is 0 Å². The molecule has 1 aliphatic carbocycles. The van der Waals surface area contributed by atoms with Gasteiger partial charge in [-0.25, -0.2) is 4.98 Å². The zero-order valence-electron chi connectivity index (χ0n) is 12.5. The van der Waals surface area contributed by atoms with E-state index in [1.807, 2.05) is 25.1 Å². The van der Waals surface area contributed by atoms with E-state index in [-0.39, 0.29) is 5.91 Å². The van der Waals surface area contributed by atoms with Gasteiger partial charge >= 0.3 is 0 Å². The fourth-order valence-electron chi connectivity index (χ4n) is 3.08. The minimum Gasteiger partial charge on any atom is -0.441 e. The maximum Gasteiger partial charge on any atom is 0.224 e. The summed E-state index contributed by atoms with van der Waals surface area (Å²) >= 11 is 0. The van der Waals surface area contributed by atoms with E-state index in [4.69, 9.17) is 4.42 Å². The number of aromatic nitrogens is 1. The molecule has 112 valence electrons. The minimum absolute atomic E-state index is 0.109. The fourth-order valence-corrected chi connectivity index (χ4v) is 3.08. The first-order chi connectivity index (χ1) is 10.2. The Morgan fingerprint density at radius 3 is 2.81 bits per heavy atom. The van der Waals surface area contributed by atoms with Crippen molar-refractivity contribution >= 4 is 17.0 Å². The molecular weight excluding hydrogens is 264 g/mol. The molecule has 4 heteroatoms. The summed E-state index contributed by atoms with van der Waals surface area (Å²) in [5, 5.41) is 3.18. The molecule has 0 bridgehead atoms. The zero-order valence-corrected chi connectivity index (χ0v) is 12.5. The zero-order chi connectivity index (χ0) is 14.7. The van der Waals surface area contributed by atoms with Gasteiger partial charge in [0.05, 0.1) is 6.42 Å². The molecule has 2 aromatic rings. The maximum absolute atomic E-state index is 12.2. The number of aryl methyl sites for hydroxylation is 1. The third kappa shape index (κ3) is 3.63. The number of fused-ring (bicyclic) bond motifs is 1. The van der Waals surface area contributed by atoms with Crippen LogP contribution in [0.15, 0.2) is 22.6 Å². The van der Waals surface area contributed by atoms with Crippen LogP contribution in [0.25, 0.3) is 11.1 Å². The summed E-state index contributed by atoms with van der Waals surface area (Å²) in [6, 6.07) is 6.15. The van der Waals surface area contributed by atoms with Crippen molar-refractivity contribution in [3.05, 3.63) is 29.7 Å². The highest BCUT2D eigenvalue weighted by molar-refractivity contribution is 5.81. The topological polar surface area (TPSA) is 55.1 Å². The summed E-state index contributed by atoms with van der Waals surface area (Å²) in [5.74, 6) is 0.766. The lowest BCUT2D eigenvalue weighted by Gasteiger charge is -2.16. The molecule has 0 unspecified atom stereocenters. The van der Waals surface area contributed by atoms with E-state index < -0.39 is 0 Å². The van der Waals surface area contributed by atoms with E-state index >= 15 is 0 Å². The molecule has 1 aromatic heterocycles. The van der Waals surface area contributed by atoms with Gasteiger partial charge in [-0.3, -0.25) is 4.79 Å². The lowest BCUT2D eigenvalue weighted by atomic mass is 10.1. The van der Waals surface area contributed by atoms with Crippen molar-refractivity contribution in [3.8, 4) is 0 Å². The van der Waals surface area contributed by atoms with Crippen LogP contribution in [0.4, 0.5) is 0 Å². The summed E-state index contributed by atoms with van der Waals surface area (Å²) in [6.07, 6.45) is 7.70. The molecule has 0 saturated heterocycles. The van der Waals surface area contributed by atoms with Crippen LogP contribution in [-0.2, 0) is 11.2 Å². The lowest BCUT2D eigenvalue weighted by Crippen LogP contribution is -2.35. The van der Waals surface area contributed by atoms with Crippen LogP contribution < -0.4 is 5.32 Å². The molecule has 1 N–H and O–H groups in total. The monoisotopic (exact) mass is 286 g/mol. The van der Waals surface area contributed by atoms with Crippen LogP contribution in [-0.4, -0.2) is 16.9 Å². The lowest BCUT2D eigenvalue weighted by molar-refractivity contribution is -0.121. The van der Waals surface area contributed by atoms with Crippen LogP contribution in [0.3, 0.4) is 0 Å². The Morgan fingerprint density at radius 1 is 1.29 bits per heavy atom. The van der Waals surface area contributed by atoms with Gasteiger partial charge in [-0.1, -0.05) is 31.7 Å². The molecule has 0 spiro atoms. The van der Waals surface area contributed by atoms with Gasteiger partial charge in [-0.05, 0) is 30.5 Å². The van der Waals surface area contributed by atoms with Crippen molar-refractivity contribution in [2.24, 2.45) is 0 Å². The summed E-state index contributed by atoms with van der Waals surface area (Å²) in [4.78, 5) is 16.4. The molecule has 1 saturated carbocycles. The Hall–Kier alpha value is -1.84. The number of amides is 1. The number of rotatable bonds is 3. The van der Waals surface area contributed by atoms with Gasteiger partial charge in [0.25, 0.3) is 0 Å². The second-order valence-electron chi connectivity index (χ2n) is 5.97. The Bertz CT molecular complexity index is 625. The molecule has 21 heavy (non-hydrogen) atoms. The highest BCUT2D eigenvalue weighted by Crippen LogP contribution is 2.19. The molecule has 1 amide bonds. The molecule has 1 heterocycles. The second kappa shape index (κ2) is 6.29. The van der Waals surface area contributed by atoms with Gasteiger partial charge in [0.15, 0.2) is 11.5 Å². The van der Waals surface area contributed by atoms with Gasteiger partial charge in [0.2, 0.25) is 5.91 Å². The van der Waals surface area contributed by atoms with E-state index in [1.165, 1.54) is 25.7 Å². The van der Waals surface area contributed by atoms with Gasteiger partial charge in [0, 0.05) is 13.0 Å². The molecule has 0 atom stereocenters. The Balaban J connectivity index is 1.62. The maximum atomic E-state index is 12.2. The third-order valence-electron chi connectivity index (χ3n) is 4.14. The van der Waals surface area contributed by atoms with Crippen molar-refractivity contribution in [3.63, 3.8) is 0 Å². The molecule has 1 aliphatic rings. The average molecular weight is 286 g/mol. The predicted octanol–water partition coefficient (Wildman–Crippen LogP) is 3.52. The smallest absolute Gasteiger partial charge is 0.224 e. The molecule has 0 aliphatic heterocycles. The van der Waals surface area contributed by atoms with Crippen LogP contribution in [0.2, 0.25) is 0 Å². The van der Waals surface area contributed by atoms with Crippen LogP contribution in [0, 0.1) is 6.92 Å². The normalized spacial score (nSPS) is 16.8. The van der Waals surface area contributed by atoms with Gasteiger partial charge in [-0.15, -0.1) is 0 Å². The molecule has 4 nitrogen and oxygen atoms in total. The number of carbonyl (C=O) groups is 1. The van der Waals surface area contributed by atoms with Crippen molar-refractivity contribution in [2.75, 3.05) is 0 Å². The number of nitrogens with zero attached hydrogens (tertiary/aromatic N) is 1. The van der Waals surface area contributed by atoms with Crippen LogP contribution >= 0.6 is 0 Å². The number of oxazole rings is 1. The van der Waals surface area contributed by atoms with E-state index in [9.17, 15) is 4.79 Å². The van der Waals surface area contributed by atoms with Crippen molar-refractivity contribution in [1.82, 2.24) is 10.3 Å². The fraction of sp³-hybridized carbons (Fsp3) is 0.529. The minimum atomic E-state index is 0.109. The van der Waals surface area contributed by atoms with E-state index in [0.717, 1.165) is 29.5 Å². The quantitative estimate of drug-likeness (QED) is 0.878. The Kier molecular flexibility index (Phi) is 4.23. The van der Waals surface area contributed by atoms with Gasteiger partial charge in [0.1, 0.15) is 5.52 Å². The molecular formula is C17H22N2O2. The standard InChI is InChI=1S/C17H22N2O2/c1-12-18-15-9-8-13(10-16(15)21-12)11-17(20)19-14-6-4-2-3-5-7-14/h8-10,14H,2-7,11H2,1H3,(H,19,20). The largest absolute Gasteiger partial charge is 0.441 e. The molecule has 1 fully saturated rings. The average Bonchev–Trinajstić information content (AvgIpc) is 2.64. The highest BCUT2D eigenvalue weighted by Gasteiger charge is 2.15. The number of nitrogens with one attached hydrogen (secondary N) is 1. The Labute approximate surface area is 124 Å². The Morgan fingerprint density at radius 2 is 2.05 bits per heavy atom. The van der Waals surface area contributed by atoms with Crippen molar-refractivity contribution in [2.45, 2.75) is 57.9 Å². The third-order valence-corrected chi connectivity index (χ3v) is 4.14. The summed E-state index contributed by atoms with van der Waals surface area (Å²) in [7, 11) is 0. The van der Waals surface area contributed by atoms with Crippen molar-refractivity contribution < 1.29 is 9.21 Å². The van der Waals surface area contributed by atoms with E-state index in [1.54, 1.807) is 0 Å². The molecule has 3 rings (SSSR count). The van der Waals surface area contributed by atoms with E-state index in [0.29, 0.717) is 18.4 Å². The van der Waals surface area contributed by atoms with E-state index in [2.05, 4.69) is 10.3 Å². The number of hydrogen-bond donors (Lipinski definition) is 1. The number of benzene rings is 1. The highest BCUT2D eigenvalue weighted by atomic mass is 16.3. The summed E-state index contributed by atoms with van der Waals surface area (Å²) in [5.41, 5.74) is 2.58. The van der Waals surface area contributed by atoms with Crippen LogP contribution in [0.1, 0.15) is 50.0 Å². The first-order valence-corrected chi connectivity index (χ1v) is 7.86. The molecule has 0 radical (unpaired) electrons. The van der Waals surface area contributed by atoms with Gasteiger partial charge in [-0.2, -0.15) is 0 Å². The second-order valence-corrected chi connectivity index (χ2v) is 5.97. The first-order valence-electron chi connectivity index (χ1n) is 7.86. The number of hydrogen-bond acceptors (Lipinski definition) is 3. The van der Waals surface area contributed by atoms with Gasteiger partial charge < -0.3 is 9.73 Å².